The van der Waals surface area contributed by atoms with Crippen LogP contribution in [-0.4, -0.2) is 13.2 Å². The lowest BCUT2D eigenvalue weighted by Crippen LogP contribution is -2.21. The fourth-order valence-corrected chi connectivity index (χ4v) is 1.49. The van der Waals surface area contributed by atoms with Gasteiger partial charge in [0.15, 0.2) is 0 Å². The maximum absolute atomic E-state index is 13.4. The second-order valence-electron chi connectivity index (χ2n) is 3.59. The monoisotopic (exact) mass is 223 g/mol. The topological polar surface area (TPSA) is 21.3 Å². The van der Waals surface area contributed by atoms with Gasteiger partial charge in [-0.15, -0.1) is 0 Å². The van der Waals surface area contributed by atoms with E-state index in [2.05, 4.69) is 11.9 Å². The van der Waals surface area contributed by atoms with Crippen LogP contribution in [0.1, 0.15) is 24.9 Å². The fraction of sp³-hybridized carbons (Fsp3) is 0.385. The van der Waals surface area contributed by atoms with E-state index in [1.165, 1.54) is 12.3 Å². The highest BCUT2D eigenvalue weighted by Gasteiger charge is 2.08. The smallest absolute Gasteiger partial charge is 0.127 e. The molecule has 0 amide bonds. The van der Waals surface area contributed by atoms with Crippen LogP contribution >= 0.6 is 0 Å². The zero-order valence-corrected chi connectivity index (χ0v) is 9.58. The molecular formula is C13H18FNO. The molecule has 0 aromatic heterocycles. The first-order valence-electron chi connectivity index (χ1n) is 5.46. The number of hydrogen-bond acceptors (Lipinski definition) is 2. The van der Waals surface area contributed by atoms with Gasteiger partial charge in [0.05, 0.1) is 12.9 Å². The van der Waals surface area contributed by atoms with Gasteiger partial charge < -0.3 is 10.1 Å². The summed E-state index contributed by atoms with van der Waals surface area (Å²) in [5.74, 6) is -0.162. The lowest BCUT2D eigenvalue weighted by atomic mass is 10.1. The van der Waals surface area contributed by atoms with Crippen LogP contribution < -0.4 is 5.32 Å². The molecule has 1 unspecified atom stereocenters. The lowest BCUT2D eigenvalue weighted by molar-refractivity contribution is 0.243. The predicted octanol–water partition coefficient (Wildman–Crippen LogP) is 3.03. The van der Waals surface area contributed by atoms with Gasteiger partial charge in [-0.05, 0) is 26.0 Å². The van der Waals surface area contributed by atoms with Crippen LogP contribution in [0.5, 0.6) is 0 Å². The molecule has 16 heavy (non-hydrogen) atoms. The van der Waals surface area contributed by atoms with Crippen LogP contribution in [0, 0.1) is 5.82 Å². The number of benzene rings is 1. The van der Waals surface area contributed by atoms with E-state index in [4.69, 9.17) is 4.74 Å². The van der Waals surface area contributed by atoms with Crippen LogP contribution in [0.15, 0.2) is 37.1 Å². The first-order valence-corrected chi connectivity index (χ1v) is 5.46. The molecule has 0 radical (unpaired) electrons. The van der Waals surface area contributed by atoms with Gasteiger partial charge in [0, 0.05) is 11.6 Å². The van der Waals surface area contributed by atoms with Crippen molar-refractivity contribution in [3.8, 4) is 0 Å². The second-order valence-corrected chi connectivity index (χ2v) is 3.59. The lowest BCUT2D eigenvalue weighted by Gasteiger charge is -2.14. The minimum atomic E-state index is -0.162. The van der Waals surface area contributed by atoms with E-state index in [1.807, 2.05) is 13.0 Å². The Labute approximate surface area is 96.1 Å². The van der Waals surface area contributed by atoms with Crippen molar-refractivity contribution in [3.63, 3.8) is 0 Å². The van der Waals surface area contributed by atoms with Gasteiger partial charge in [0.2, 0.25) is 0 Å². The molecule has 88 valence electrons. The zero-order valence-electron chi connectivity index (χ0n) is 9.58. The van der Waals surface area contributed by atoms with Crippen molar-refractivity contribution < 1.29 is 9.13 Å². The Morgan fingerprint density at radius 1 is 1.50 bits per heavy atom. The van der Waals surface area contributed by atoms with Crippen molar-refractivity contribution in [2.75, 3.05) is 13.2 Å². The Kier molecular flexibility index (Phi) is 5.57. The minimum Gasteiger partial charge on any atom is -0.502 e. The Morgan fingerprint density at radius 3 is 2.94 bits per heavy atom. The van der Waals surface area contributed by atoms with E-state index in [1.54, 1.807) is 12.1 Å². The summed E-state index contributed by atoms with van der Waals surface area (Å²) in [6.07, 6.45) is 2.31. The summed E-state index contributed by atoms with van der Waals surface area (Å²) in [5.41, 5.74) is 0.701. The quantitative estimate of drug-likeness (QED) is 0.566. The Bertz CT molecular complexity index is 327. The third kappa shape index (κ3) is 4.03. The van der Waals surface area contributed by atoms with Crippen LogP contribution in [0.2, 0.25) is 0 Å². The number of nitrogens with one attached hydrogen (secondary N) is 1. The second kappa shape index (κ2) is 7.01. The highest BCUT2D eigenvalue weighted by molar-refractivity contribution is 5.20. The highest BCUT2D eigenvalue weighted by Crippen LogP contribution is 2.15. The first kappa shape index (κ1) is 12.7. The summed E-state index contributed by atoms with van der Waals surface area (Å²) in [6, 6.07) is 6.84. The third-order valence-electron chi connectivity index (χ3n) is 2.38. The number of ether oxygens (including phenoxy) is 1. The van der Waals surface area contributed by atoms with Crippen LogP contribution in [0.3, 0.4) is 0 Å². The maximum atomic E-state index is 13.4. The SMILES string of the molecule is C=COCCCNC(C)c1ccccc1F. The molecule has 1 rings (SSSR count). The molecule has 1 aromatic carbocycles. The molecule has 0 aliphatic carbocycles. The average molecular weight is 223 g/mol. The van der Waals surface area contributed by atoms with Crippen LogP contribution in [0.4, 0.5) is 4.39 Å². The molecule has 0 spiro atoms. The van der Waals surface area contributed by atoms with Crippen molar-refractivity contribution in [1.29, 1.82) is 0 Å². The fourth-order valence-electron chi connectivity index (χ4n) is 1.49. The van der Waals surface area contributed by atoms with E-state index in [0.717, 1.165) is 13.0 Å². The molecule has 0 saturated carbocycles. The van der Waals surface area contributed by atoms with E-state index in [0.29, 0.717) is 12.2 Å². The third-order valence-corrected chi connectivity index (χ3v) is 2.38. The van der Waals surface area contributed by atoms with Gasteiger partial charge in [0.25, 0.3) is 0 Å². The van der Waals surface area contributed by atoms with Crippen LogP contribution in [0.25, 0.3) is 0 Å². The van der Waals surface area contributed by atoms with Gasteiger partial charge in [-0.3, -0.25) is 0 Å². The molecule has 0 fully saturated rings. The van der Waals surface area contributed by atoms with Gasteiger partial charge >= 0.3 is 0 Å². The molecule has 0 bridgehead atoms. The zero-order chi connectivity index (χ0) is 11.8. The maximum Gasteiger partial charge on any atom is 0.127 e. The van der Waals surface area contributed by atoms with Crippen molar-refractivity contribution in [2.24, 2.45) is 0 Å². The summed E-state index contributed by atoms with van der Waals surface area (Å²) >= 11 is 0. The average Bonchev–Trinajstić information content (AvgIpc) is 2.29. The highest BCUT2D eigenvalue weighted by atomic mass is 19.1. The number of hydrogen-bond donors (Lipinski definition) is 1. The standard InChI is InChI=1S/C13H18FNO/c1-3-16-10-6-9-15-11(2)12-7-4-5-8-13(12)14/h3-5,7-8,11,15H,1,6,9-10H2,2H3. The number of halogens is 1. The van der Waals surface area contributed by atoms with Crippen molar-refractivity contribution in [1.82, 2.24) is 5.32 Å². The van der Waals surface area contributed by atoms with Crippen molar-refractivity contribution in [3.05, 3.63) is 48.5 Å². The predicted molar refractivity (Wildman–Crippen MR) is 63.6 cm³/mol. The molecule has 2 nitrogen and oxygen atoms in total. The van der Waals surface area contributed by atoms with Gasteiger partial charge in [-0.25, -0.2) is 4.39 Å². The molecule has 1 atom stereocenters. The van der Waals surface area contributed by atoms with E-state index in [9.17, 15) is 4.39 Å². The summed E-state index contributed by atoms with van der Waals surface area (Å²) in [5, 5.41) is 3.24. The summed E-state index contributed by atoms with van der Waals surface area (Å²) in [7, 11) is 0. The summed E-state index contributed by atoms with van der Waals surface area (Å²) in [4.78, 5) is 0. The van der Waals surface area contributed by atoms with Gasteiger partial charge in [-0.1, -0.05) is 24.8 Å². The minimum absolute atomic E-state index is 0.0185. The molecule has 0 aliphatic heterocycles. The normalized spacial score (nSPS) is 12.1. The molecule has 0 aliphatic rings. The van der Waals surface area contributed by atoms with E-state index in [-0.39, 0.29) is 11.9 Å². The molecule has 0 heterocycles. The Morgan fingerprint density at radius 2 is 2.25 bits per heavy atom. The molecule has 0 saturated heterocycles. The molecule has 3 heteroatoms. The largest absolute Gasteiger partial charge is 0.502 e. The van der Waals surface area contributed by atoms with E-state index >= 15 is 0 Å². The summed E-state index contributed by atoms with van der Waals surface area (Å²) in [6.45, 7) is 6.85. The Hall–Kier alpha value is -1.35. The molecular weight excluding hydrogens is 205 g/mol. The molecule has 1 N–H and O–H groups in total. The first-order chi connectivity index (χ1) is 7.75. The van der Waals surface area contributed by atoms with Crippen LogP contribution in [-0.2, 0) is 4.74 Å². The van der Waals surface area contributed by atoms with Crippen molar-refractivity contribution in [2.45, 2.75) is 19.4 Å². The Balaban J connectivity index is 2.32. The number of rotatable bonds is 7. The van der Waals surface area contributed by atoms with Crippen molar-refractivity contribution >= 4 is 0 Å². The summed E-state index contributed by atoms with van der Waals surface area (Å²) < 4.78 is 18.4. The van der Waals surface area contributed by atoms with Gasteiger partial charge in [0.1, 0.15) is 5.82 Å². The van der Waals surface area contributed by atoms with E-state index < -0.39 is 0 Å². The van der Waals surface area contributed by atoms with Gasteiger partial charge in [-0.2, -0.15) is 0 Å². The molecule has 1 aromatic rings.